The van der Waals surface area contributed by atoms with Crippen LogP contribution in [0.25, 0.3) is 61.6 Å². The zero-order valence-electron chi connectivity index (χ0n) is 35.6. The molecule has 1 heterocycles. The fourth-order valence-corrected chi connectivity index (χ4v) is 11.5. The van der Waals surface area contributed by atoms with Crippen molar-refractivity contribution < 1.29 is 0 Å². The maximum atomic E-state index is 2.49. The second-order valence-corrected chi connectivity index (χ2v) is 17.7. The average molecular weight is 817 g/mol. The van der Waals surface area contributed by atoms with Crippen LogP contribution in [0.5, 0.6) is 0 Å². The molecule has 64 heavy (non-hydrogen) atoms. The molecule has 3 aliphatic rings. The van der Waals surface area contributed by atoms with Gasteiger partial charge in [-0.3, -0.25) is 0 Å². The standard InChI is InChI=1S/C62H44N2/c1-41-38-61-55(53-23-11-15-27-60(53)64(61)45-18-6-3-7-19-45)40-54(41)44-30-34-47(35-31-44)63(46-32-28-43(29-33-46)42-16-4-2-5-17-42)48-36-37-52-51-22-10-14-26-58(51)62(59(52)39-48)56-24-12-8-20-49(56)50-21-9-13-25-57(50)62/h2-37,39-41H,38H2,1H3. The molecule has 0 saturated heterocycles. The molecule has 1 unspecified atom stereocenters. The van der Waals surface area contributed by atoms with E-state index in [1.807, 2.05) is 0 Å². The summed E-state index contributed by atoms with van der Waals surface area (Å²) in [4.78, 5) is 2.45. The summed E-state index contributed by atoms with van der Waals surface area (Å²) < 4.78 is 2.47. The molecule has 2 nitrogen and oxygen atoms in total. The third-order valence-corrected chi connectivity index (χ3v) is 14.3. The van der Waals surface area contributed by atoms with Gasteiger partial charge in [0.2, 0.25) is 0 Å². The number of anilines is 3. The highest BCUT2D eigenvalue weighted by atomic mass is 15.1. The smallest absolute Gasteiger partial charge is 0.0726 e. The van der Waals surface area contributed by atoms with Crippen LogP contribution in [0.2, 0.25) is 0 Å². The summed E-state index contributed by atoms with van der Waals surface area (Å²) in [6.45, 7) is 2.38. The molecule has 3 aliphatic carbocycles. The number of para-hydroxylation sites is 2. The Morgan fingerprint density at radius 1 is 0.438 bits per heavy atom. The summed E-state index contributed by atoms with van der Waals surface area (Å²) in [5, 5.41) is 1.30. The highest BCUT2D eigenvalue weighted by molar-refractivity contribution is 6.00. The summed E-state index contributed by atoms with van der Waals surface area (Å²) >= 11 is 0. The maximum Gasteiger partial charge on any atom is 0.0726 e. The van der Waals surface area contributed by atoms with E-state index < -0.39 is 5.41 Å². The van der Waals surface area contributed by atoms with Crippen molar-refractivity contribution in [3.63, 3.8) is 0 Å². The number of aromatic nitrogens is 1. The average Bonchev–Trinajstić information content (AvgIpc) is 3.96. The SMILES string of the molecule is CC1Cc2c(c3ccccc3n2-c2ccccc2)C=C1c1ccc(N(c2ccc(-c3ccccc3)cc2)c2ccc3c(c2)C2(c4ccccc4-c4ccccc42)c2ccccc2-3)cc1. The van der Waals surface area contributed by atoms with Crippen molar-refractivity contribution in [1.29, 1.82) is 0 Å². The highest BCUT2D eigenvalue weighted by Crippen LogP contribution is 2.63. The summed E-state index contributed by atoms with van der Waals surface area (Å²) in [6.07, 6.45) is 3.44. The van der Waals surface area contributed by atoms with E-state index in [4.69, 9.17) is 0 Å². The predicted octanol–water partition coefficient (Wildman–Crippen LogP) is 15.8. The van der Waals surface area contributed by atoms with E-state index in [1.165, 1.54) is 94.6 Å². The largest absolute Gasteiger partial charge is 0.313 e. The normalized spacial score (nSPS) is 15.0. The first kappa shape index (κ1) is 36.7. The van der Waals surface area contributed by atoms with Crippen LogP contribution in [0, 0.1) is 5.92 Å². The molecule has 2 heteroatoms. The molecule has 302 valence electrons. The maximum absolute atomic E-state index is 2.49. The lowest BCUT2D eigenvalue weighted by Crippen LogP contribution is -2.26. The van der Waals surface area contributed by atoms with Gasteiger partial charge in [-0.2, -0.15) is 0 Å². The molecule has 10 aromatic rings. The van der Waals surface area contributed by atoms with Gasteiger partial charge in [0.05, 0.1) is 10.9 Å². The number of nitrogens with zero attached hydrogens (tertiary/aromatic N) is 2. The Bertz CT molecular complexity index is 3400. The quantitative estimate of drug-likeness (QED) is 0.162. The highest BCUT2D eigenvalue weighted by Gasteiger charge is 2.51. The van der Waals surface area contributed by atoms with Crippen LogP contribution in [0.1, 0.15) is 46.0 Å². The van der Waals surface area contributed by atoms with Gasteiger partial charge in [-0.05, 0) is 140 Å². The minimum absolute atomic E-state index is 0.346. The molecule has 1 atom stereocenters. The van der Waals surface area contributed by atoms with E-state index in [9.17, 15) is 0 Å². The molecule has 0 bridgehead atoms. The van der Waals surface area contributed by atoms with Crippen LogP contribution in [-0.2, 0) is 11.8 Å². The number of hydrogen-bond donors (Lipinski definition) is 0. The Kier molecular flexibility index (Phi) is 8.20. The molecule has 0 fully saturated rings. The van der Waals surface area contributed by atoms with Crippen LogP contribution in [0.3, 0.4) is 0 Å². The number of rotatable bonds is 6. The number of allylic oxidation sites excluding steroid dienone is 1. The number of fused-ring (bicyclic) bond motifs is 13. The van der Waals surface area contributed by atoms with Gasteiger partial charge in [0.25, 0.3) is 0 Å². The molecule has 0 aliphatic heterocycles. The third kappa shape index (κ3) is 5.33. The first-order chi connectivity index (χ1) is 31.7. The molecule has 0 N–H and O–H groups in total. The van der Waals surface area contributed by atoms with Gasteiger partial charge in [0.1, 0.15) is 0 Å². The molecular formula is C62H44N2. The van der Waals surface area contributed by atoms with E-state index >= 15 is 0 Å². The van der Waals surface area contributed by atoms with Gasteiger partial charge in [0, 0.05) is 39.4 Å². The lowest BCUT2D eigenvalue weighted by molar-refractivity contribution is 0.708. The molecule has 0 saturated carbocycles. The van der Waals surface area contributed by atoms with Gasteiger partial charge in [0.15, 0.2) is 0 Å². The summed E-state index contributed by atoms with van der Waals surface area (Å²) in [5.74, 6) is 0.346. The van der Waals surface area contributed by atoms with Gasteiger partial charge in [-0.25, -0.2) is 0 Å². The van der Waals surface area contributed by atoms with Crippen molar-refractivity contribution in [3.05, 3.63) is 264 Å². The minimum atomic E-state index is -0.423. The van der Waals surface area contributed by atoms with Gasteiger partial charge in [-0.15, -0.1) is 0 Å². The van der Waals surface area contributed by atoms with Gasteiger partial charge < -0.3 is 9.47 Å². The summed E-state index contributed by atoms with van der Waals surface area (Å²) in [5.41, 5.74) is 23.8. The van der Waals surface area contributed by atoms with Crippen molar-refractivity contribution in [3.8, 4) is 39.1 Å². The Hall–Kier alpha value is -7.94. The van der Waals surface area contributed by atoms with E-state index in [-0.39, 0.29) is 0 Å². The van der Waals surface area contributed by atoms with Crippen LogP contribution in [0.4, 0.5) is 17.1 Å². The Labute approximate surface area is 374 Å². The fourth-order valence-electron chi connectivity index (χ4n) is 11.5. The molecule has 1 aromatic heterocycles. The number of hydrogen-bond acceptors (Lipinski definition) is 1. The lowest BCUT2D eigenvalue weighted by atomic mass is 9.70. The van der Waals surface area contributed by atoms with Gasteiger partial charge in [-0.1, -0.05) is 177 Å². The lowest BCUT2D eigenvalue weighted by Gasteiger charge is -2.32. The number of benzene rings is 9. The second kappa shape index (κ2) is 14.3. The molecular weight excluding hydrogens is 773 g/mol. The second-order valence-electron chi connectivity index (χ2n) is 17.7. The molecule has 1 spiro atoms. The van der Waals surface area contributed by atoms with E-state index in [2.05, 4.69) is 247 Å². The van der Waals surface area contributed by atoms with Crippen molar-refractivity contribution in [2.75, 3.05) is 4.90 Å². The van der Waals surface area contributed by atoms with E-state index in [0.717, 1.165) is 23.5 Å². The van der Waals surface area contributed by atoms with Crippen molar-refractivity contribution >= 4 is 39.6 Å². The zero-order valence-corrected chi connectivity index (χ0v) is 35.6. The van der Waals surface area contributed by atoms with Crippen molar-refractivity contribution in [2.45, 2.75) is 18.8 Å². The van der Waals surface area contributed by atoms with Crippen molar-refractivity contribution in [1.82, 2.24) is 4.57 Å². The Morgan fingerprint density at radius 2 is 0.922 bits per heavy atom. The van der Waals surface area contributed by atoms with Gasteiger partial charge >= 0.3 is 0 Å². The first-order valence-corrected chi connectivity index (χ1v) is 22.6. The molecule has 0 amide bonds. The first-order valence-electron chi connectivity index (χ1n) is 22.6. The zero-order chi connectivity index (χ0) is 42.4. The van der Waals surface area contributed by atoms with Crippen LogP contribution >= 0.6 is 0 Å². The Balaban J connectivity index is 0.964. The molecule has 13 rings (SSSR count). The molecule has 0 radical (unpaired) electrons. The van der Waals surface area contributed by atoms with Crippen molar-refractivity contribution in [2.24, 2.45) is 5.92 Å². The molecule has 9 aromatic carbocycles. The van der Waals surface area contributed by atoms with Crippen LogP contribution < -0.4 is 4.90 Å². The Morgan fingerprint density at radius 3 is 1.55 bits per heavy atom. The summed E-state index contributed by atoms with van der Waals surface area (Å²) in [7, 11) is 0. The monoisotopic (exact) mass is 816 g/mol. The minimum Gasteiger partial charge on any atom is -0.313 e. The fraction of sp³-hybridized carbons (Fsp3) is 0.0645. The van der Waals surface area contributed by atoms with Crippen LogP contribution in [-0.4, -0.2) is 4.57 Å². The van der Waals surface area contributed by atoms with Crippen LogP contribution in [0.15, 0.2) is 224 Å². The van der Waals surface area contributed by atoms with E-state index in [0.29, 0.717) is 5.92 Å². The van der Waals surface area contributed by atoms with E-state index in [1.54, 1.807) is 0 Å². The topological polar surface area (TPSA) is 8.17 Å². The summed E-state index contributed by atoms with van der Waals surface area (Å²) in [6, 6.07) is 83.2. The third-order valence-electron chi connectivity index (χ3n) is 14.3. The predicted molar refractivity (Wildman–Crippen MR) is 267 cm³/mol.